The number of aromatic nitrogens is 1. The lowest BCUT2D eigenvalue weighted by atomic mass is 10.1. The van der Waals surface area contributed by atoms with Crippen molar-refractivity contribution in [3.05, 3.63) is 101 Å². The summed E-state index contributed by atoms with van der Waals surface area (Å²) in [6, 6.07) is 25.7. The fourth-order valence-electron chi connectivity index (χ4n) is 3.36. The number of pyridine rings is 1. The molecule has 0 bridgehead atoms. The molecule has 0 N–H and O–H groups in total. The second kappa shape index (κ2) is 8.14. The molecule has 27 heavy (non-hydrogen) atoms. The van der Waals surface area contributed by atoms with Crippen LogP contribution in [0.5, 0.6) is 0 Å². The average Bonchev–Trinajstić information content (AvgIpc) is 2.75. The van der Waals surface area contributed by atoms with Gasteiger partial charge in [0.25, 0.3) is 5.91 Å². The first-order chi connectivity index (χ1) is 13.3. The van der Waals surface area contributed by atoms with Gasteiger partial charge in [0, 0.05) is 24.2 Å². The van der Waals surface area contributed by atoms with Gasteiger partial charge in [-0.25, -0.2) is 0 Å². The molecular formula is C23H22N2O2. The third-order valence-corrected chi connectivity index (χ3v) is 4.76. The summed E-state index contributed by atoms with van der Waals surface area (Å²) in [4.78, 5) is 19.4. The van der Waals surface area contributed by atoms with Crippen LogP contribution >= 0.6 is 0 Å². The predicted octanol–water partition coefficient (Wildman–Crippen LogP) is 3.89. The van der Waals surface area contributed by atoms with Crippen molar-refractivity contribution in [2.24, 2.45) is 0 Å². The van der Waals surface area contributed by atoms with Gasteiger partial charge in [-0.1, -0.05) is 54.6 Å². The summed E-state index contributed by atoms with van der Waals surface area (Å²) < 4.78 is 5.93. The lowest BCUT2D eigenvalue weighted by Crippen LogP contribution is -2.42. The molecular weight excluding hydrogens is 336 g/mol. The van der Waals surface area contributed by atoms with E-state index in [0.717, 1.165) is 17.8 Å². The number of carbonyl (C=O) groups excluding carboxylic acids is 1. The van der Waals surface area contributed by atoms with Crippen molar-refractivity contribution in [1.29, 1.82) is 0 Å². The van der Waals surface area contributed by atoms with E-state index >= 15 is 0 Å². The predicted molar refractivity (Wildman–Crippen MR) is 105 cm³/mol. The molecule has 1 saturated heterocycles. The number of nitrogens with zero attached hydrogens (tertiary/aromatic N) is 2. The summed E-state index contributed by atoms with van der Waals surface area (Å²) in [7, 11) is 0. The molecule has 4 nitrogen and oxygen atoms in total. The lowest BCUT2D eigenvalue weighted by molar-refractivity contribution is -0.0247. The fraction of sp³-hybridized carbons (Fsp3) is 0.217. The van der Waals surface area contributed by atoms with Crippen LogP contribution in [0.4, 0.5) is 0 Å². The molecule has 4 heteroatoms. The van der Waals surface area contributed by atoms with E-state index < -0.39 is 0 Å². The van der Waals surface area contributed by atoms with Crippen LogP contribution in [0.25, 0.3) is 0 Å². The van der Waals surface area contributed by atoms with E-state index in [9.17, 15) is 4.79 Å². The minimum absolute atomic E-state index is 0.0457. The van der Waals surface area contributed by atoms with Gasteiger partial charge in [-0.15, -0.1) is 0 Å². The molecule has 1 atom stereocenters. The molecule has 0 unspecified atom stereocenters. The number of amides is 1. The monoisotopic (exact) mass is 358 g/mol. The van der Waals surface area contributed by atoms with E-state index in [-0.39, 0.29) is 12.0 Å². The second-order valence-electron chi connectivity index (χ2n) is 6.69. The maximum absolute atomic E-state index is 12.7. The Bertz CT molecular complexity index is 897. The summed E-state index contributed by atoms with van der Waals surface area (Å²) in [5.74, 6) is 0.0457. The van der Waals surface area contributed by atoms with Crippen molar-refractivity contribution in [2.75, 3.05) is 19.7 Å². The van der Waals surface area contributed by atoms with Crippen molar-refractivity contribution in [1.82, 2.24) is 9.88 Å². The highest BCUT2D eigenvalue weighted by Gasteiger charge is 2.27. The molecule has 1 fully saturated rings. The molecule has 1 aromatic heterocycles. The third-order valence-electron chi connectivity index (χ3n) is 4.76. The van der Waals surface area contributed by atoms with Gasteiger partial charge in [0.15, 0.2) is 0 Å². The van der Waals surface area contributed by atoms with E-state index in [1.54, 1.807) is 0 Å². The van der Waals surface area contributed by atoms with E-state index in [4.69, 9.17) is 9.72 Å². The molecule has 0 saturated carbocycles. The Balaban J connectivity index is 1.48. The highest BCUT2D eigenvalue weighted by molar-refractivity contribution is 5.94. The van der Waals surface area contributed by atoms with E-state index in [2.05, 4.69) is 12.1 Å². The largest absolute Gasteiger partial charge is 0.368 e. The van der Waals surface area contributed by atoms with Crippen LogP contribution in [-0.2, 0) is 11.2 Å². The third kappa shape index (κ3) is 4.23. The quantitative estimate of drug-likeness (QED) is 0.711. The highest BCUT2D eigenvalue weighted by Crippen LogP contribution is 2.22. The highest BCUT2D eigenvalue weighted by atomic mass is 16.5. The number of hydrogen-bond donors (Lipinski definition) is 0. The van der Waals surface area contributed by atoms with Crippen molar-refractivity contribution in [2.45, 2.75) is 12.5 Å². The Hall–Kier alpha value is -2.98. The van der Waals surface area contributed by atoms with Gasteiger partial charge in [-0.05, 0) is 29.8 Å². The molecule has 1 aliphatic rings. The van der Waals surface area contributed by atoms with Crippen LogP contribution in [0.1, 0.15) is 33.4 Å². The van der Waals surface area contributed by atoms with E-state index in [1.165, 1.54) is 5.56 Å². The SMILES string of the molecule is O=C(c1ccccc1)N1CCO[C@@H](c2cccc(Cc3ccccc3)n2)C1. The fourth-order valence-corrected chi connectivity index (χ4v) is 3.36. The summed E-state index contributed by atoms with van der Waals surface area (Å²) >= 11 is 0. The van der Waals surface area contributed by atoms with Crippen molar-refractivity contribution in [3.63, 3.8) is 0 Å². The minimum atomic E-state index is -0.192. The molecule has 136 valence electrons. The van der Waals surface area contributed by atoms with E-state index in [1.807, 2.05) is 71.6 Å². The molecule has 4 rings (SSSR count). The number of morpholine rings is 1. The smallest absolute Gasteiger partial charge is 0.254 e. The van der Waals surface area contributed by atoms with Crippen LogP contribution < -0.4 is 0 Å². The van der Waals surface area contributed by atoms with E-state index in [0.29, 0.717) is 25.3 Å². The van der Waals surface area contributed by atoms with Crippen molar-refractivity contribution >= 4 is 5.91 Å². The Labute approximate surface area is 159 Å². The summed E-state index contributed by atoms with van der Waals surface area (Å²) in [5, 5.41) is 0. The summed E-state index contributed by atoms with van der Waals surface area (Å²) in [6.07, 6.45) is 0.593. The van der Waals surface area contributed by atoms with Gasteiger partial charge in [-0.3, -0.25) is 9.78 Å². The summed E-state index contributed by atoms with van der Waals surface area (Å²) in [6.45, 7) is 1.65. The molecule has 3 aromatic rings. The van der Waals surface area contributed by atoms with Crippen LogP contribution in [0.15, 0.2) is 78.9 Å². The topological polar surface area (TPSA) is 42.4 Å². The second-order valence-corrected chi connectivity index (χ2v) is 6.69. The normalized spacial score (nSPS) is 16.9. The van der Waals surface area contributed by atoms with Gasteiger partial charge in [0.2, 0.25) is 0 Å². The van der Waals surface area contributed by atoms with Crippen LogP contribution in [0, 0.1) is 0 Å². The zero-order valence-corrected chi connectivity index (χ0v) is 15.1. The number of hydrogen-bond acceptors (Lipinski definition) is 3. The Morgan fingerprint density at radius 2 is 1.70 bits per heavy atom. The molecule has 0 spiro atoms. The van der Waals surface area contributed by atoms with Crippen molar-refractivity contribution in [3.8, 4) is 0 Å². The molecule has 2 aromatic carbocycles. The Morgan fingerprint density at radius 3 is 2.48 bits per heavy atom. The minimum Gasteiger partial charge on any atom is -0.368 e. The summed E-state index contributed by atoms with van der Waals surface area (Å²) in [5.41, 5.74) is 3.83. The first-order valence-electron chi connectivity index (χ1n) is 9.25. The Kier molecular flexibility index (Phi) is 5.26. The van der Waals surface area contributed by atoms with Crippen LogP contribution in [0.3, 0.4) is 0 Å². The molecule has 1 amide bonds. The van der Waals surface area contributed by atoms with Crippen LogP contribution in [-0.4, -0.2) is 35.5 Å². The van der Waals surface area contributed by atoms with Gasteiger partial charge >= 0.3 is 0 Å². The zero-order chi connectivity index (χ0) is 18.5. The number of benzene rings is 2. The first kappa shape index (κ1) is 17.4. The lowest BCUT2D eigenvalue weighted by Gasteiger charge is -2.33. The van der Waals surface area contributed by atoms with Crippen LogP contribution in [0.2, 0.25) is 0 Å². The number of carbonyl (C=O) groups is 1. The zero-order valence-electron chi connectivity index (χ0n) is 15.1. The number of rotatable bonds is 4. The van der Waals surface area contributed by atoms with Gasteiger partial charge in [0.05, 0.1) is 18.8 Å². The number of ether oxygens (including phenoxy) is 1. The molecule has 0 aliphatic carbocycles. The van der Waals surface area contributed by atoms with Gasteiger partial charge in [0.1, 0.15) is 6.10 Å². The maximum Gasteiger partial charge on any atom is 0.254 e. The molecule has 0 radical (unpaired) electrons. The molecule has 2 heterocycles. The van der Waals surface area contributed by atoms with Gasteiger partial charge in [-0.2, -0.15) is 0 Å². The van der Waals surface area contributed by atoms with Gasteiger partial charge < -0.3 is 9.64 Å². The maximum atomic E-state index is 12.7. The average molecular weight is 358 g/mol. The molecule has 1 aliphatic heterocycles. The van der Waals surface area contributed by atoms with Crippen molar-refractivity contribution < 1.29 is 9.53 Å². The Morgan fingerprint density at radius 1 is 0.963 bits per heavy atom. The first-order valence-corrected chi connectivity index (χ1v) is 9.25. The standard InChI is InChI=1S/C23H22N2O2/c26-23(19-10-5-2-6-11-19)25-14-15-27-22(17-25)21-13-7-12-20(24-21)16-18-8-3-1-4-9-18/h1-13,22H,14-17H2/t22-/m1/s1.